The van der Waals surface area contributed by atoms with Gasteiger partial charge in [0.15, 0.2) is 0 Å². The lowest BCUT2D eigenvalue weighted by atomic mass is 9.86. The summed E-state index contributed by atoms with van der Waals surface area (Å²) in [4.78, 5) is 12.5. The SMILES string of the molecule is COC(=O)[C@@]1(c2cccc(Br)c2)C(C)=C1c1ccccc1. The summed E-state index contributed by atoms with van der Waals surface area (Å²) < 4.78 is 6.05. The molecule has 0 aromatic heterocycles. The summed E-state index contributed by atoms with van der Waals surface area (Å²) in [6.07, 6.45) is 0. The summed E-state index contributed by atoms with van der Waals surface area (Å²) in [5.41, 5.74) is 3.38. The van der Waals surface area contributed by atoms with Crippen molar-refractivity contribution >= 4 is 27.5 Å². The second-order valence-electron chi connectivity index (χ2n) is 5.12. The molecule has 3 rings (SSSR count). The quantitative estimate of drug-likeness (QED) is 0.775. The lowest BCUT2D eigenvalue weighted by molar-refractivity contribution is -0.142. The maximum absolute atomic E-state index is 12.5. The van der Waals surface area contributed by atoms with Crippen molar-refractivity contribution in [1.29, 1.82) is 0 Å². The fourth-order valence-electron chi connectivity index (χ4n) is 3.05. The minimum Gasteiger partial charge on any atom is -0.468 e. The van der Waals surface area contributed by atoms with Crippen LogP contribution in [0.3, 0.4) is 0 Å². The Kier molecular flexibility index (Phi) is 3.46. The molecule has 21 heavy (non-hydrogen) atoms. The molecule has 2 aromatic rings. The van der Waals surface area contributed by atoms with Crippen LogP contribution >= 0.6 is 15.9 Å². The van der Waals surface area contributed by atoms with Crippen molar-refractivity contribution in [2.75, 3.05) is 7.11 Å². The third-order valence-electron chi connectivity index (χ3n) is 4.06. The zero-order valence-electron chi connectivity index (χ0n) is 11.9. The molecule has 1 aliphatic rings. The van der Waals surface area contributed by atoms with Gasteiger partial charge in [-0.3, -0.25) is 4.79 Å². The molecule has 0 spiro atoms. The second kappa shape index (κ2) is 5.15. The van der Waals surface area contributed by atoms with Crippen LogP contribution in [0.4, 0.5) is 0 Å². The Morgan fingerprint density at radius 2 is 1.81 bits per heavy atom. The molecule has 1 aliphatic carbocycles. The predicted octanol–water partition coefficient (Wildman–Crippen LogP) is 4.35. The van der Waals surface area contributed by atoms with E-state index < -0.39 is 5.41 Å². The van der Waals surface area contributed by atoms with Gasteiger partial charge < -0.3 is 4.74 Å². The van der Waals surface area contributed by atoms with Crippen molar-refractivity contribution in [3.8, 4) is 0 Å². The summed E-state index contributed by atoms with van der Waals surface area (Å²) in [6, 6.07) is 17.8. The molecule has 0 radical (unpaired) electrons. The van der Waals surface area contributed by atoms with Gasteiger partial charge >= 0.3 is 5.97 Å². The van der Waals surface area contributed by atoms with Crippen LogP contribution in [0.25, 0.3) is 5.57 Å². The zero-order chi connectivity index (χ0) is 15.0. The first-order valence-corrected chi connectivity index (χ1v) is 7.53. The number of rotatable bonds is 3. The largest absolute Gasteiger partial charge is 0.468 e. The Morgan fingerprint density at radius 1 is 1.10 bits per heavy atom. The summed E-state index contributed by atoms with van der Waals surface area (Å²) in [6.45, 7) is 2.00. The number of hydrogen-bond donors (Lipinski definition) is 0. The smallest absolute Gasteiger partial charge is 0.325 e. The van der Waals surface area contributed by atoms with Gasteiger partial charge in [0.05, 0.1) is 7.11 Å². The van der Waals surface area contributed by atoms with E-state index in [9.17, 15) is 4.79 Å². The highest BCUT2D eigenvalue weighted by molar-refractivity contribution is 9.10. The van der Waals surface area contributed by atoms with Crippen molar-refractivity contribution in [2.24, 2.45) is 0 Å². The van der Waals surface area contributed by atoms with Crippen molar-refractivity contribution < 1.29 is 9.53 Å². The molecule has 3 heteroatoms. The molecule has 0 aliphatic heterocycles. The highest BCUT2D eigenvalue weighted by atomic mass is 79.9. The third kappa shape index (κ3) is 2.04. The van der Waals surface area contributed by atoms with Crippen LogP contribution in [0.1, 0.15) is 18.1 Å². The zero-order valence-corrected chi connectivity index (χ0v) is 13.5. The Labute approximate surface area is 132 Å². The van der Waals surface area contributed by atoms with E-state index >= 15 is 0 Å². The lowest BCUT2D eigenvalue weighted by Gasteiger charge is -2.18. The van der Waals surface area contributed by atoms with E-state index in [1.807, 2.05) is 61.5 Å². The molecule has 0 heterocycles. The van der Waals surface area contributed by atoms with E-state index in [1.165, 1.54) is 7.11 Å². The number of benzene rings is 2. The Hall–Kier alpha value is -1.87. The number of halogens is 1. The summed E-state index contributed by atoms with van der Waals surface area (Å²) in [5, 5.41) is 0. The van der Waals surface area contributed by atoms with Crippen LogP contribution in [0.2, 0.25) is 0 Å². The molecule has 106 valence electrons. The van der Waals surface area contributed by atoms with Crippen molar-refractivity contribution in [2.45, 2.75) is 12.3 Å². The van der Waals surface area contributed by atoms with E-state index in [0.29, 0.717) is 0 Å². The van der Waals surface area contributed by atoms with E-state index in [0.717, 1.165) is 26.7 Å². The van der Waals surface area contributed by atoms with Gasteiger partial charge in [-0.1, -0.05) is 58.4 Å². The summed E-state index contributed by atoms with van der Waals surface area (Å²) in [7, 11) is 1.44. The lowest BCUT2D eigenvalue weighted by Crippen LogP contribution is -2.27. The first kappa shape index (κ1) is 14.1. The van der Waals surface area contributed by atoms with E-state index in [1.54, 1.807) is 0 Å². The highest BCUT2D eigenvalue weighted by Crippen LogP contribution is 2.60. The summed E-state index contributed by atoms with van der Waals surface area (Å²) >= 11 is 3.48. The highest BCUT2D eigenvalue weighted by Gasteiger charge is 2.59. The monoisotopic (exact) mass is 342 g/mol. The van der Waals surface area contributed by atoms with Gasteiger partial charge in [0.2, 0.25) is 0 Å². The molecule has 1 atom stereocenters. The average molecular weight is 343 g/mol. The maximum Gasteiger partial charge on any atom is 0.325 e. The molecule has 0 unspecified atom stereocenters. The van der Waals surface area contributed by atoms with Crippen molar-refractivity contribution in [3.05, 3.63) is 75.8 Å². The Balaban J connectivity index is 2.13. The van der Waals surface area contributed by atoms with Crippen molar-refractivity contribution in [1.82, 2.24) is 0 Å². The number of carbonyl (C=O) groups is 1. The van der Waals surface area contributed by atoms with E-state index in [2.05, 4.69) is 15.9 Å². The molecule has 0 saturated heterocycles. The molecule has 0 fully saturated rings. The number of ether oxygens (including phenoxy) is 1. The van der Waals surface area contributed by atoms with Gasteiger partial charge in [0.1, 0.15) is 5.41 Å². The molecule has 0 amide bonds. The van der Waals surface area contributed by atoms with Gasteiger partial charge in [0.25, 0.3) is 0 Å². The van der Waals surface area contributed by atoms with Crippen LogP contribution < -0.4 is 0 Å². The predicted molar refractivity (Wildman–Crippen MR) is 86.9 cm³/mol. The van der Waals surface area contributed by atoms with Crippen LogP contribution in [-0.2, 0) is 14.9 Å². The minimum atomic E-state index is -0.736. The third-order valence-corrected chi connectivity index (χ3v) is 4.55. The standard InChI is InChI=1S/C18H15BrO2/c1-12-16(13-7-4-3-5-8-13)18(12,17(20)21-2)14-9-6-10-15(19)11-14/h3-11H,1-2H3/t18-/m1/s1. The number of esters is 1. The topological polar surface area (TPSA) is 26.3 Å². The van der Waals surface area contributed by atoms with Gasteiger partial charge in [-0.25, -0.2) is 0 Å². The van der Waals surface area contributed by atoms with Crippen molar-refractivity contribution in [3.63, 3.8) is 0 Å². The first-order valence-electron chi connectivity index (χ1n) is 6.74. The molecule has 0 bridgehead atoms. The molecule has 2 aromatic carbocycles. The minimum absolute atomic E-state index is 0.225. The maximum atomic E-state index is 12.5. The van der Waals surface area contributed by atoms with Gasteiger partial charge in [-0.15, -0.1) is 0 Å². The van der Waals surface area contributed by atoms with Gasteiger partial charge in [-0.2, -0.15) is 0 Å². The number of carbonyl (C=O) groups excluding carboxylic acids is 1. The molecule has 0 N–H and O–H groups in total. The number of hydrogen-bond acceptors (Lipinski definition) is 2. The average Bonchev–Trinajstić information content (AvgIpc) is 3.14. The fourth-order valence-corrected chi connectivity index (χ4v) is 3.45. The van der Waals surface area contributed by atoms with E-state index in [-0.39, 0.29) is 5.97 Å². The van der Waals surface area contributed by atoms with Gasteiger partial charge in [0, 0.05) is 4.47 Å². The van der Waals surface area contributed by atoms with Crippen LogP contribution in [-0.4, -0.2) is 13.1 Å². The Morgan fingerprint density at radius 3 is 2.43 bits per heavy atom. The van der Waals surface area contributed by atoms with E-state index in [4.69, 9.17) is 4.74 Å². The van der Waals surface area contributed by atoms with Crippen LogP contribution in [0, 0.1) is 0 Å². The molecular formula is C18H15BrO2. The number of methoxy groups -OCH3 is 1. The molecular weight excluding hydrogens is 328 g/mol. The Bertz CT molecular complexity index is 734. The fraction of sp³-hybridized carbons (Fsp3) is 0.167. The normalized spacial score (nSPS) is 20.3. The van der Waals surface area contributed by atoms with Crippen LogP contribution in [0.5, 0.6) is 0 Å². The second-order valence-corrected chi connectivity index (χ2v) is 6.03. The van der Waals surface area contributed by atoms with Gasteiger partial charge in [-0.05, 0) is 41.3 Å². The summed E-state index contributed by atoms with van der Waals surface area (Å²) in [5.74, 6) is -0.225. The molecule has 0 saturated carbocycles. The van der Waals surface area contributed by atoms with Crippen LogP contribution in [0.15, 0.2) is 64.6 Å². The molecule has 2 nitrogen and oxygen atoms in total. The first-order chi connectivity index (χ1) is 10.1.